The highest BCUT2D eigenvalue weighted by molar-refractivity contribution is 7.87. The Kier molecular flexibility index (Phi) is 8.76. The van der Waals surface area contributed by atoms with Gasteiger partial charge in [0.2, 0.25) is 0 Å². The molecule has 2 atom stereocenters. The van der Waals surface area contributed by atoms with Crippen LogP contribution in [0.5, 0.6) is 0 Å². The molecular formula is C26H31F6O3PS. The number of hydrogen-bond acceptors (Lipinski definition) is 3. The van der Waals surface area contributed by atoms with Crippen molar-refractivity contribution in [2.24, 2.45) is 0 Å². The van der Waals surface area contributed by atoms with Gasteiger partial charge in [-0.2, -0.15) is 17.6 Å². The maximum absolute atomic E-state index is 13.1. The van der Waals surface area contributed by atoms with Crippen molar-refractivity contribution in [2.45, 2.75) is 75.4 Å². The summed E-state index contributed by atoms with van der Waals surface area (Å²) in [5, 5.41) is -2.23. The Morgan fingerprint density at radius 1 is 0.757 bits per heavy atom. The van der Waals surface area contributed by atoms with Crippen molar-refractivity contribution in [1.29, 1.82) is 0 Å². The fraction of sp³-hybridized carbons (Fsp3) is 0.462. The summed E-state index contributed by atoms with van der Waals surface area (Å²) < 4.78 is 107. The molecule has 2 aromatic carbocycles. The standard InChI is InChI=1S/C20H27P.C6H4F6O3S/c1-19(2,3)15-7-11-17(12-8-15)21-18-13-9-16(10-14-18)20(4,5)6;7-3-1-2-4(8,16(13,14)15)6(11,12)5(3,9)10/h7-14,21H,1-6H3;1-3H,(H,13,14,15). The molecule has 0 fully saturated rings. The minimum atomic E-state index is -6.43. The summed E-state index contributed by atoms with van der Waals surface area (Å²) in [5.41, 5.74) is 3.30. The lowest BCUT2D eigenvalue weighted by atomic mass is 9.87. The van der Waals surface area contributed by atoms with Gasteiger partial charge in [0.25, 0.3) is 5.00 Å². The number of alkyl halides is 6. The molecule has 1 aliphatic rings. The number of allylic oxidation sites excluding steroid dienone is 1. The van der Waals surface area contributed by atoms with Crippen molar-refractivity contribution < 1.29 is 39.3 Å². The molecule has 0 heterocycles. The first-order chi connectivity index (χ1) is 16.5. The van der Waals surface area contributed by atoms with E-state index in [2.05, 4.69) is 90.1 Å². The average molecular weight is 569 g/mol. The first-order valence-electron chi connectivity index (χ1n) is 11.3. The van der Waals surface area contributed by atoms with Gasteiger partial charge in [-0.15, -0.1) is 0 Å². The van der Waals surface area contributed by atoms with Gasteiger partial charge in [0.05, 0.1) is 19.2 Å². The SMILES string of the molecule is CC(C)(C)c1ccc([PH2+]c2ccc(C(C)(C)C)cc2)cc1.O=S(=O)([O-])C1(F)C=CC(F)C(F)(F)C1(F)F. The second-order valence-electron chi connectivity index (χ2n) is 10.9. The van der Waals surface area contributed by atoms with E-state index in [4.69, 9.17) is 0 Å². The van der Waals surface area contributed by atoms with Gasteiger partial charge in [-0.25, -0.2) is 17.2 Å². The summed E-state index contributed by atoms with van der Waals surface area (Å²) in [4.78, 5) is 0. The topological polar surface area (TPSA) is 57.2 Å². The number of rotatable bonds is 3. The minimum Gasteiger partial charge on any atom is -0.745 e. The lowest BCUT2D eigenvalue weighted by Crippen LogP contribution is -2.64. The van der Waals surface area contributed by atoms with Crippen LogP contribution in [0.2, 0.25) is 0 Å². The Morgan fingerprint density at radius 2 is 1.11 bits per heavy atom. The summed E-state index contributed by atoms with van der Waals surface area (Å²) in [6.07, 6.45) is -4.70. The van der Waals surface area contributed by atoms with Crippen molar-refractivity contribution in [2.75, 3.05) is 0 Å². The van der Waals surface area contributed by atoms with Crippen molar-refractivity contribution in [3.8, 4) is 0 Å². The molecule has 0 N–H and O–H groups in total. The van der Waals surface area contributed by atoms with Crippen molar-refractivity contribution in [3.05, 3.63) is 71.8 Å². The second-order valence-corrected chi connectivity index (χ2v) is 14.1. The smallest absolute Gasteiger partial charge is 0.363 e. The molecule has 37 heavy (non-hydrogen) atoms. The van der Waals surface area contributed by atoms with E-state index in [0.29, 0.717) is 0 Å². The number of halogens is 6. The van der Waals surface area contributed by atoms with E-state index in [-0.39, 0.29) is 19.4 Å². The third-order valence-electron chi connectivity index (χ3n) is 5.92. The first kappa shape index (κ1) is 31.3. The van der Waals surface area contributed by atoms with Crippen molar-refractivity contribution in [3.63, 3.8) is 0 Å². The second kappa shape index (κ2) is 10.3. The third-order valence-corrected chi connectivity index (χ3v) is 8.48. The summed E-state index contributed by atoms with van der Waals surface area (Å²) in [6.45, 7) is 13.6. The highest BCUT2D eigenvalue weighted by Gasteiger charge is 2.76. The summed E-state index contributed by atoms with van der Waals surface area (Å²) in [7, 11) is -6.24. The van der Waals surface area contributed by atoms with Crippen LogP contribution in [-0.2, 0) is 20.9 Å². The van der Waals surface area contributed by atoms with E-state index in [0.717, 1.165) is 0 Å². The van der Waals surface area contributed by atoms with E-state index < -0.39 is 45.3 Å². The van der Waals surface area contributed by atoms with Gasteiger partial charge in [0, 0.05) is 0 Å². The van der Waals surface area contributed by atoms with E-state index >= 15 is 0 Å². The molecule has 0 amide bonds. The maximum Gasteiger partial charge on any atom is 0.363 e. The molecule has 0 spiro atoms. The third kappa shape index (κ3) is 6.58. The van der Waals surface area contributed by atoms with Crippen molar-refractivity contribution >= 4 is 29.3 Å². The van der Waals surface area contributed by atoms with Crippen LogP contribution in [0.15, 0.2) is 60.7 Å². The van der Waals surface area contributed by atoms with Crippen LogP contribution in [0.4, 0.5) is 26.3 Å². The Balaban J connectivity index is 0.000000271. The van der Waals surface area contributed by atoms with Crippen LogP contribution in [0.25, 0.3) is 0 Å². The fourth-order valence-electron chi connectivity index (χ4n) is 3.43. The van der Waals surface area contributed by atoms with Crippen LogP contribution in [0, 0.1) is 0 Å². The first-order valence-corrected chi connectivity index (χ1v) is 13.9. The van der Waals surface area contributed by atoms with Crippen molar-refractivity contribution in [1.82, 2.24) is 0 Å². The quantitative estimate of drug-likeness (QED) is 0.197. The van der Waals surface area contributed by atoms with Crippen LogP contribution in [0.1, 0.15) is 52.7 Å². The van der Waals surface area contributed by atoms with Gasteiger partial charge < -0.3 is 4.55 Å². The van der Waals surface area contributed by atoms with Gasteiger partial charge in [-0.3, -0.25) is 0 Å². The Labute approximate surface area is 215 Å². The summed E-state index contributed by atoms with van der Waals surface area (Å²) in [6, 6.07) is 18.3. The molecule has 0 aliphatic heterocycles. The molecule has 11 heteroatoms. The molecule has 1 aliphatic carbocycles. The predicted molar refractivity (Wildman–Crippen MR) is 137 cm³/mol. The molecule has 0 saturated heterocycles. The largest absolute Gasteiger partial charge is 0.745 e. The zero-order valence-electron chi connectivity index (χ0n) is 21.3. The molecule has 2 aromatic rings. The van der Waals surface area contributed by atoms with E-state index in [1.165, 1.54) is 21.7 Å². The molecule has 2 unspecified atom stereocenters. The lowest BCUT2D eigenvalue weighted by Gasteiger charge is -2.40. The molecular weight excluding hydrogens is 537 g/mol. The number of hydrogen-bond donors (Lipinski definition) is 0. The maximum atomic E-state index is 13.1. The van der Waals surface area contributed by atoms with Gasteiger partial charge in [0.15, 0.2) is 6.17 Å². The van der Waals surface area contributed by atoms with Gasteiger partial charge >= 0.3 is 11.8 Å². The Bertz CT molecular complexity index is 1160. The Hall–Kier alpha value is -1.90. The van der Waals surface area contributed by atoms with E-state index in [1.807, 2.05) is 0 Å². The molecule has 206 valence electrons. The Morgan fingerprint density at radius 3 is 1.41 bits per heavy atom. The molecule has 0 aromatic heterocycles. The molecule has 3 rings (SSSR count). The minimum absolute atomic E-state index is 0.191. The van der Waals surface area contributed by atoms with E-state index in [1.54, 1.807) is 0 Å². The fourth-order valence-corrected chi connectivity index (χ4v) is 5.28. The van der Waals surface area contributed by atoms with E-state index in [9.17, 15) is 39.3 Å². The lowest BCUT2D eigenvalue weighted by molar-refractivity contribution is -0.264. The van der Waals surface area contributed by atoms with Crippen LogP contribution in [0.3, 0.4) is 0 Å². The summed E-state index contributed by atoms with van der Waals surface area (Å²) in [5.74, 6) is -11.6. The molecule has 3 nitrogen and oxygen atoms in total. The molecule has 0 radical (unpaired) electrons. The van der Waals surface area contributed by atoms with Gasteiger partial charge in [-0.1, -0.05) is 65.8 Å². The monoisotopic (exact) mass is 568 g/mol. The highest BCUT2D eigenvalue weighted by Crippen LogP contribution is 2.53. The average Bonchev–Trinajstić information content (AvgIpc) is 2.75. The van der Waals surface area contributed by atoms with Crippen LogP contribution in [-0.4, -0.2) is 36.0 Å². The predicted octanol–water partition coefficient (Wildman–Crippen LogP) is 6.02. The molecule has 0 saturated carbocycles. The van der Waals surface area contributed by atoms with Crippen LogP contribution < -0.4 is 10.6 Å². The zero-order valence-corrected chi connectivity index (χ0v) is 23.3. The highest BCUT2D eigenvalue weighted by atomic mass is 32.2. The normalized spacial score (nSPS) is 23.2. The molecule has 0 bridgehead atoms. The van der Waals surface area contributed by atoms with Gasteiger partial charge in [-0.05, 0) is 58.4 Å². The van der Waals surface area contributed by atoms with Gasteiger partial charge in [0.1, 0.15) is 10.1 Å². The van der Waals surface area contributed by atoms with Crippen LogP contribution >= 0.6 is 8.58 Å². The summed E-state index contributed by atoms with van der Waals surface area (Å²) >= 11 is 0. The zero-order chi connectivity index (χ0) is 28.7. The number of benzene rings is 2.